The molecule has 1 heterocycles. The van der Waals surface area contributed by atoms with E-state index in [2.05, 4.69) is 10.4 Å². The molecule has 1 N–H and O–H groups in total. The predicted octanol–water partition coefficient (Wildman–Crippen LogP) is 5.82. The smallest absolute Gasteiger partial charge is 0.226 e. The summed E-state index contributed by atoms with van der Waals surface area (Å²) in [6, 6.07) is 21.0. The third kappa shape index (κ3) is 5.00. The van der Waals surface area contributed by atoms with Crippen LogP contribution >= 0.6 is 0 Å². The molecule has 1 aromatic heterocycles. The van der Waals surface area contributed by atoms with E-state index in [0.717, 1.165) is 11.3 Å². The predicted molar refractivity (Wildman–Crippen MR) is 118 cm³/mol. The van der Waals surface area contributed by atoms with Crippen LogP contribution in [0.2, 0.25) is 0 Å². The van der Waals surface area contributed by atoms with Gasteiger partial charge in [-0.25, -0.2) is 13.5 Å². The fraction of sp³-hybridized carbons (Fsp3) is 0.120. The second-order valence-corrected chi connectivity index (χ2v) is 7.23. The van der Waals surface area contributed by atoms with Crippen molar-refractivity contribution in [2.45, 2.75) is 19.8 Å². The lowest BCUT2D eigenvalue weighted by Crippen LogP contribution is -2.12. The number of amides is 1. The minimum Gasteiger partial charge on any atom is -0.439 e. The van der Waals surface area contributed by atoms with Crippen molar-refractivity contribution in [2.24, 2.45) is 0 Å². The van der Waals surface area contributed by atoms with Crippen LogP contribution in [-0.2, 0) is 11.2 Å². The fourth-order valence-electron chi connectivity index (χ4n) is 3.35. The fourth-order valence-corrected chi connectivity index (χ4v) is 3.35. The van der Waals surface area contributed by atoms with E-state index in [0.29, 0.717) is 29.4 Å². The lowest BCUT2D eigenvalue weighted by molar-refractivity contribution is -0.116. The number of nitrogens with one attached hydrogen (secondary N) is 1. The standard InChI is InChI=1S/C25H21F2N3O2/c1-17-23(13-14-24(31)28-20-9-5-7-18(26)15-20)25(32-22-12-6-8-19(27)16-22)30(29-17)21-10-3-2-4-11-21/h2-12,15-16H,13-14H2,1H3,(H,28,31). The van der Waals surface area contributed by atoms with Gasteiger partial charge < -0.3 is 10.1 Å². The van der Waals surface area contributed by atoms with Gasteiger partial charge in [0.1, 0.15) is 17.4 Å². The van der Waals surface area contributed by atoms with E-state index < -0.39 is 11.6 Å². The number of para-hydroxylation sites is 1. The van der Waals surface area contributed by atoms with Crippen LogP contribution in [0, 0.1) is 18.6 Å². The molecule has 0 unspecified atom stereocenters. The maximum atomic E-state index is 13.7. The van der Waals surface area contributed by atoms with Crippen molar-refractivity contribution in [1.82, 2.24) is 9.78 Å². The van der Waals surface area contributed by atoms with Gasteiger partial charge in [0.2, 0.25) is 11.8 Å². The molecular formula is C25H21F2N3O2. The second-order valence-electron chi connectivity index (χ2n) is 7.23. The van der Waals surface area contributed by atoms with Crippen LogP contribution in [0.3, 0.4) is 0 Å². The first-order valence-electron chi connectivity index (χ1n) is 10.1. The Hall–Kier alpha value is -4.00. The molecule has 0 aliphatic rings. The average Bonchev–Trinajstić information content (AvgIpc) is 3.08. The minimum atomic E-state index is -0.423. The molecule has 1 amide bonds. The van der Waals surface area contributed by atoms with Crippen LogP contribution in [0.5, 0.6) is 11.6 Å². The summed E-state index contributed by atoms with van der Waals surface area (Å²) in [6.07, 6.45) is 0.474. The van der Waals surface area contributed by atoms with Crippen molar-refractivity contribution in [2.75, 3.05) is 5.32 Å². The molecule has 4 rings (SSSR count). The number of hydrogen-bond donors (Lipinski definition) is 1. The Balaban J connectivity index is 1.60. The van der Waals surface area contributed by atoms with E-state index in [9.17, 15) is 13.6 Å². The second kappa shape index (κ2) is 9.43. The molecule has 0 aliphatic carbocycles. The number of halogens is 2. The highest BCUT2D eigenvalue weighted by Crippen LogP contribution is 2.31. The van der Waals surface area contributed by atoms with Gasteiger partial charge in [0, 0.05) is 23.7 Å². The largest absolute Gasteiger partial charge is 0.439 e. The summed E-state index contributed by atoms with van der Waals surface area (Å²) >= 11 is 0. The highest BCUT2D eigenvalue weighted by Gasteiger charge is 2.20. The summed E-state index contributed by atoms with van der Waals surface area (Å²) in [5.74, 6) is -0.362. The van der Waals surface area contributed by atoms with E-state index in [-0.39, 0.29) is 12.3 Å². The molecule has 3 aromatic carbocycles. The van der Waals surface area contributed by atoms with Crippen molar-refractivity contribution < 1.29 is 18.3 Å². The molecular weight excluding hydrogens is 412 g/mol. The summed E-state index contributed by atoms with van der Waals surface area (Å²) in [5, 5.41) is 7.28. The molecule has 0 radical (unpaired) electrons. The molecule has 7 heteroatoms. The summed E-state index contributed by atoms with van der Waals surface area (Å²) in [5.41, 5.74) is 2.59. The number of rotatable bonds is 7. The first kappa shape index (κ1) is 21.2. The van der Waals surface area contributed by atoms with Crippen molar-refractivity contribution in [3.63, 3.8) is 0 Å². The van der Waals surface area contributed by atoms with Gasteiger partial charge in [-0.3, -0.25) is 4.79 Å². The van der Waals surface area contributed by atoms with Gasteiger partial charge in [-0.1, -0.05) is 30.3 Å². The van der Waals surface area contributed by atoms with E-state index in [1.165, 1.54) is 30.3 Å². The van der Waals surface area contributed by atoms with Crippen molar-refractivity contribution in [3.05, 3.63) is 102 Å². The first-order chi connectivity index (χ1) is 15.5. The highest BCUT2D eigenvalue weighted by atomic mass is 19.1. The Kier molecular flexibility index (Phi) is 6.26. The molecule has 0 spiro atoms. The lowest BCUT2D eigenvalue weighted by Gasteiger charge is -2.12. The summed E-state index contributed by atoms with van der Waals surface area (Å²) in [4.78, 5) is 12.4. The number of benzene rings is 3. The van der Waals surface area contributed by atoms with Crippen molar-refractivity contribution in [3.8, 4) is 17.3 Å². The van der Waals surface area contributed by atoms with Gasteiger partial charge in [-0.2, -0.15) is 5.10 Å². The van der Waals surface area contributed by atoms with Crippen molar-refractivity contribution in [1.29, 1.82) is 0 Å². The highest BCUT2D eigenvalue weighted by molar-refractivity contribution is 5.90. The average molecular weight is 433 g/mol. The Morgan fingerprint density at radius 2 is 1.69 bits per heavy atom. The molecule has 0 fully saturated rings. The van der Waals surface area contributed by atoms with Gasteiger partial charge in [0.05, 0.1) is 11.4 Å². The molecule has 0 atom stereocenters. The van der Waals surface area contributed by atoms with Gasteiger partial charge in [-0.15, -0.1) is 0 Å². The number of ether oxygens (including phenoxy) is 1. The monoisotopic (exact) mass is 433 g/mol. The number of aryl methyl sites for hydroxylation is 1. The van der Waals surface area contributed by atoms with Crippen molar-refractivity contribution >= 4 is 11.6 Å². The molecule has 0 saturated carbocycles. The molecule has 0 saturated heterocycles. The Morgan fingerprint density at radius 3 is 2.41 bits per heavy atom. The normalized spacial score (nSPS) is 10.7. The van der Waals surface area contributed by atoms with Crippen LogP contribution < -0.4 is 10.1 Å². The lowest BCUT2D eigenvalue weighted by atomic mass is 10.1. The molecule has 5 nitrogen and oxygen atoms in total. The van der Waals surface area contributed by atoms with E-state index >= 15 is 0 Å². The zero-order valence-corrected chi connectivity index (χ0v) is 17.4. The molecule has 4 aromatic rings. The maximum Gasteiger partial charge on any atom is 0.226 e. The summed E-state index contributed by atoms with van der Waals surface area (Å²) in [6.45, 7) is 1.83. The number of carbonyl (C=O) groups is 1. The molecule has 162 valence electrons. The van der Waals surface area contributed by atoms with Crippen LogP contribution in [0.15, 0.2) is 78.9 Å². The Bertz CT molecular complexity index is 1240. The van der Waals surface area contributed by atoms with Gasteiger partial charge >= 0.3 is 0 Å². The summed E-state index contributed by atoms with van der Waals surface area (Å²) in [7, 11) is 0. The van der Waals surface area contributed by atoms with E-state index in [1.54, 1.807) is 22.9 Å². The van der Waals surface area contributed by atoms with Crippen LogP contribution in [0.25, 0.3) is 5.69 Å². The van der Waals surface area contributed by atoms with Gasteiger partial charge in [0.15, 0.2) is 0 Å². The third-order valence-corrected chi connectivity index (χ3v) is 4.86. The zero-order chi connectivity index (χ0) is 22.5. The zero-order valence-electron chi connectivity index (χ0n) is 17.4. The molecule has 0 bridgehead atoms. The Morgan fingerprint density at radius 1 is 0.969 bits per heavy atom. The SMILES string of the molecule is Cc1nn(-c2ccccc2)c(Oc2cccc(F)c2)c1CCC(=O)Nc1cccc(F)c1. The van der Waals surface area contributed by atoms with Crippen LogP contribution in [-0.4, -0.2) is 15.7 Å². The Labute approximate surface area is 184 Å². The quantitative estimate of drug-likeness (QED) is 0.399. The number of aromatic nitrogens is 2. The summed E-state index contributed by atoms with van der Waals surface area (Å²) < 4.78 is 34.8. The van der Waals surface area contributed by atoms with Gasteiger partial charge in [0.25, 0.3) is 0 Å². The molecule has 32 heavy (non-hydrogen) atoms. The third-order valence-electron chi connectivity index (χ3n) is 4.86. The number of carbonyl (C=O) groups excluding carboxylic acids is 1. The van der Waals surface area contributed by atoms with Crippen LogP contribution in [0.1, 0.15) is 17.7 Å². The number of hydrogen-bond acceptors (Lipinski definition) is 3. The molecule has 0 aliphatic heterocycles. The maximum absolute atomic E-state index is 13.7. The minimum absolute atomic E-state index is 0.136. The number of anilines is 1. The topological polar surface area (TPSA) is 56.2 Å². The first-order valence-corrected chi connectivity index (χ1v) is 10.1. The van der Waals surface area contributed by atoms with E-state index in [4.69, 9.17) is 4.74 Å². The number of nitrogens with zero attached hydrogens (tertiary/aromatic N) is 2. The van der Waals surface area contributed by atoms with E-state index in [1.807, 2.05) is 37.3 Å². The van der Waals surface area contributed by atoms with Crippen LogP contribution in [0.4, 0.5) is 14.5 Å². The van der Waals surface area contributed by atoms with Gasteiger partial charge in [-0.05, 0) is 55.8 Å².